The van der Waals surface area contributed by atoms with Gasteiger partial charge >= 0.3 is 0 Å². The first-order valence-corrected chi connectivity index (χ1v) is 10.6. The van der Waals surface area contributed by atoms with E-state index in [1.165, 1.54) is 25.3 Å². The second kappa shape index (κ2) is 8.91. The Labute approximate surface area is 169 Å². The fraction of sp³-hybridized carbons (Fsp3) is 0.316. The van der Waals surface area contributed by atoms with Gasteiger partial charge < -0.3 is 10.1 Å². The number of methoxy groups -OCH3 is 1. The van der Waals surface area contributed by atoms with Gasteiger partial charge in [-0.2, -0.15) is 0 Å². The Bertz CT molecular complexity index is 1020. The molecule has 29 heavy (non-hydrogen) atoms. The molecule has 1 amide bonds. The predicted octanol–water partition coefficient (Wildman–Crippen LogP) is 3.10. The van der Waals surface area contributed by atoms with Crippen molar-refractivity contribution in [3.05, 3.63) is 58.1 Å². The Morgan fingerprint density at radius 2 is 1.97 bits per heavy atom. The molecule has 0 bridgehead atoms. The van der Waals surface area contributed by atoms with Gasteiger partial charge in [0.1, 0.15) is 11.8 Å². The summed E-state index contributed by atoms with van der Waals surface area (Å²) in [5, 5.41) is 13.6. The minimum absolute atomic E-state index is 0.0860. The molecule has 0 aromatic heterocycles. The van der Waals surface area contributed by atoms with Gasteiger partial charge in [-0.05, 0) is 37.1 Å². The lowest BCUT2D eigenvalue weighted by atomic mass is 10.1. The van der Waals surface area contributed by atoms with Crippen molar-refractivity contribution < 1.29 is 22.9 Å². The number of carbonyl (C=O) groups excluding carboxylic acids is 1. The number of benzene rings is 2. The van der Waals surface area contributed by atoms with Crippen molar-refractivity contribution in [2.75, 3.05) is 23.0 Å². The third-order valence-electron chi connectivity index (χ3n) is 4.24. The number of hydrogen-bond donors (Lipinski definition) is 1. The second-order valence-corrected chi connectivity index (χ2v) is 8.31. The molecule has 1 unspecified atom stereocenters. The Hall–Kier alpha value is -3.14. The molecular formula is C19H23N3O6S. The molecule has 0 heterocycles. The van der Waals surface area contributed by atoms with Gasteiger partial charge in [-0.15, -0.1) is 0 Å². The van der Waals surface area contributed by atoms with Gasteiger partial charge in [0.15, 0.2) is 0 Å². The number of nitro benzene ring substituents is 1. The van der Waals surface area contributed by atoms with E-state index in [0.29, 0.717) is 5.69 Å². The van der Waals surface area contributed by atoms with Gasteiger partial charge in [0.25, 0.3) is 5.69 Å². The number of anilines is 2. The standard InChI is InChI=1S/C19H23N3O6S/c1-5-17(21(29(4,26)27)14-8-6-7-13(2)11-14)19(23)20-16-12-15(22(24)25)9-10-18(16)28-3/h6-12,17H,5H2,1-4H3,(H,20,23). The van der Waals surface area contributed by atoms with Crippen molar-refractivity contribution in [2.45, 2.75) is 26.3 Å². The number of aryl methyl sites for hydroxylation is 1. The first kappa shape index (κ1) is 22.2. The first-order chi connectivity index (χ1) is 13.6. The molecule has 0 aliphatic heterocycles. The van der Waals surface area contributed by atoms with E-state index in [4.69, 9.17) is 4.74 Å². The number of carbonyl (C=O) groups is 1. The van der Waals surface area contributed by atoms with Gasteiger partial charge in [0.05, 0.1) is 29.7 Å². The lowest BCUT2D eigenvalue weighted by Crippen LogP contribution is -2.47. The lowest BCUT2D eigenvalue weighted by molar-refractivity contribution is -0.384. The Morgan fingerprint density at radius 3 is 2.48 bits per heavy atom. The van der Waals surface area contributed by atoms with Gasteiger partial charge in [0.2, 0.25) is 15.9 Å². The highest BCUT2D eigenvalue weighted by Crippen LogP contribution is 2.30. The average Bonchev–Trinajstić information content (AvgIpc) is 2.64. The van der Waals surface area contributed by atoms with Gasteiger partial charge in [-0.3, -0.25) is 19.2 Å². The number of nitrogens with zero attached hydrogens (tertiary/aromatic N) is 2. The molecule has 0 spiro atoms. The van der Waals surface area contributed by atoms with Crippen LogP contribution < -0.4 is 14.4 Å². The van der Waals surface area contributed by atoms with Crippen LogP contribution in [-0.2, 0) is 14.8 Å². The molecule has 10 heteroatoms. The zero-order valence-electron chi connectivity index (χ0n) is 16.6. The van der Waals surface area contributed by atoms with E-state index in [-0.39, 0.29) is 23.5 Å². The molecule has 9 nitrogen and oxygen atoms in total. The number of amides is 1. The van der Waals surface area contributed by atoms with E-state index in [1.54, 1.807) is 25.1 Å². The van der Waals surface area contributed by atoms with Crippen molar-refractivity contribution in [2.24, 2.45) is 0 Å². The maximum absolute atomic E-state index is 13.0. The van der Waals surface area contributed by atoms with E-state index in [1.807, 2.05) is 13.0 Å². The monoisotopic (exact) mass is 421 g/mol. The number of sulfonamides is 1. The maximum Gasteiger partial charge on any atom is 0.271 e. The third-order valence-corrected chi connectivity index (χ3v) is 5.42. The number of rotatable bonds is 8. The van der Waals surface area contributed by atoms with Crippen LogP contribution in [0.4, 0.5) is 17.1 Å². The van der Waals surface area contributed by atoms with E-state index < -0.39 is 26.9 Å². The molecule has 1 atom stereocenters. The van der Waals surface area contributed by atoms with Crippen LogP contribution >= 0.6 is 0 Å². The van der Waals surface area contributed by atoms with Crippen molar-refractivity contribution in [1.29, 1.82) is 0 Å². The molecule has 0 aliphatic rings. The third kappa shape index (κ3) is 5.23. The first-order valence-electron chi connectivity index (χ1n) is 8.77. The topological polar surface area (TPSA) is 119 Å². The second-order valence-electron chi connectivity index (χ2n) is 6.45. The van der Waals surface area contributed by atoms with Gasteiger partial charge in [-0.25, -0.2) is 8.42 Å². The average molecular weight is 421 g/mol. The minimum Gasteiger partial charge on any atom is -0.495 e. The number of hydrogen-bond acceptors (Lipinski definition) is 6. The van der Waals surface area contributed by atoms with Gasteiger partial charge in [-0.1, -0.05) is 19.1 Å². The number of nitro groups is 1. The largest absolute Gasteiger partial charge is 0.495 e. The summed E-state index contributed by atoms with van der Waals surface area (Å²) in [6.45, 7) is 3.50. The normalized spacial score (nSPS) is 12.1. The molecule has 156 valence electrons. The van der Waals surface area contributed by atoms with Crippen molar-refractivity contribution in [3.63, 3.8) is 0 Å². The minimum atomic E-state index is -3.79. The van der Waals surface area contributed by atoms with Crippen LogP contribution in [0.5, 0.6) is 5.75 Å². The predicted molar refractivity (Wildman–Crippen MR) is 111 cm³/mol. The van der Waals surface area contributed by atoms with Crippen LogP contribution in [0.3, 0.4) is 0 Å². The van der Waals surface area contributed by atoms with Crippen LogP contribution in [-0.4, -0.2) is 38.7 Å². The summed E-state index contributed by atoms with van der Waals surface area (Å²) in [7, 11) is -2.42. The highest BCUT2D eigenvalue weighted by atomic mass is 32.2. The molecule has 2 aromatic carbocycles. The molecule has 0 saturated heterocycles. The van der Waals surface area contributed by atoms with Crippen molar-refractivity contribution in [1.82, 2.24) is 0 Å². The van der Waals surface area contributed by atoms with Crippen molar-refractivity contribution >= 4 is 33.0 Å². The fourth-order valence-corrected chi connectivity index (χ4v) is 4.15. The van der Waals surface area contributed by atoms with Crippen LogP contribution in [0.2, 0.25) is 0 Å². The fourth-order valence-electron chi connectivity index (χ4n) is 2.95. The molecule has 0 saturated carbocycles. The number of nitrogens with one attached hydrogen (secondary N) is 1. The Kier molecular flexibility index (Phi) is 6.80. The summed E-state index contributed by atoms with van der Waals surface area (Å²) in [4.78, 5) is 23.5. The van der Waals surface area contributed by atoms with E-state index in [0.717, 1.165) is 16.1 Å². The van der Waals surface area contributed by atoms with Crippen molar-refractivity contribution in [3.8, 4) is 5.75 Å². The zero-order valence-corrected chi connectivity index (χ0v) is 17.4. The molecule has 2 aromatic rings. The summed E-state index contributed by atoms with van der Waals surface area (Å²) in [5.41, 5.74) is 1.06. The summed E-state index contributed by atoms with van der Waals surface area (Å²) in [6, 6.07) is 9.53. The Morgan fingerprint density at radius 1 is 1.28 bits per heavy atom. The molecule has 2 rings (SSSR count). The SMILES string of the molecule is CCC(C(=O)Nc1cc([N+](=O)[O-])ccc1OC)N(c1cccc(C)c1)S(C)(=O)=O. The maximum atomic E-state index is 13.0. The van der Waals surface area contributed by atoms with E-state index >= 15 is 0 Å². The quantitative estimate of drug-likeness (QED) is 0.517. The highest BCUT2D eigenvalue weighted by molar-refractivity contribution is 7.92. The van der Waals surface area contributed by atoms with Crippen LogP contribution in [0.1, 0.15) is 18.9 Å². The molecule has 0 aliphatic carbocycles. The molecular weight excluding hydrogens is 398 g/mol. The van der Waals surface area contributed by atoms with Gasteiger partial charge in [0, 0.05) is 12.1 Å². The molecule has 0 radical (unpaired) electrons. The smallest absolute Gasteiger partial charge is 0.271 e. The highest BCUT2D eigenvalue weighted by Gasteiger charge is 2.32. The summed E-state index contributed by atoms with van der Waals surface area (Å²) in [6.07, 6.45) is 1.21. The molecule has 1 N–H and O–H groups in total. The zero-order chi connectivity index (χ0) is 21.8. The van der Waals surface area contributed by atoms with E-state index in [2.05, 4.69) is 5.32 Å². The van der Waals surface area contributed by atoms with E-state index in [9.17, 15) is 23.3 Å². The van der Waals surface area contributed by atoms with Crippen LogP contribution in [0.25, 0.3) is 0 Å². The van der Waals surface area contributed by atoms with Crippen LogP contribution in [0, 0.1) is 17.0 Å². The summed E-state index contributed by atoms with van der Waals surface area (Å²) >= 11 is 0. The Balaban J connectivity index is 2.45. The summed E-state index contributed by atoms with van der Waals surface area (Å²) in [5.74, 6) is -0.404. The lowest BCUT2D eigenvalue weighted by Gasteiger charge is -2.30. The summed E-state index contributed by atoms with van der Waals surface area (Å²) < 4.78 is 31.2. The molecule has 0 fully saturated rings. The number of non-ortho nitro benzene ring substituents is 1. The van der Waals surface area contributed by atoms with Crippen LogP contribution in [0.15, 0.2) is 42.5 Å². The number of ether oxygens (including phenoxy) is 1.